The second kappa shape index (κ2) is 10.2. The predicted molar refractivity (Wildman–Crippen MR) is 130 cm³/mol. The van der Waals surface area contributed by atoms with Crippen molar-refractivity contribution in [2.24, 2.45) is 0 Å². The maximum absolute atomic E-state index is 4.68. The molecule has 0 spiro atoms. The van der Waals surface area contributed by atoms with E-state index in [1.807, 2.05) is 12.3 Å². The highest BCUT2D eigenvalue weighted by Gasteiger charge is 2.15. The van der Waals surface area contributed by atoms with Gasteiger partial charge in [-0.1, -0.05) is 106 Å². The fourth-order valence-corrected chi connectivity index (χ4v) is 4.38. The molecule has 0 radical (unpaired) electrons. The number of benzene rings is 3. The van der Waals surface area contributed by atoms with Crippen molar-refractivity contribution in [3.8, 4) is 22.4 Å². The van der Waals surface area contributed by atoms with Gasteiger partial charge in [0.05, 0.1) is 5.69 Å². The molecule has 1 heteroatoms. The molecule has 0 N–H and O–H groups in total. The summed E-state index contributed by atoms with van der Waals surface area (Å²) >= 11 is 0. The number of hydrogen-bond donors (Lipinski definition) is 0. The molecule has 0 unspecified atom stereocenters. The molecular weight excluding hydrogens is 362 g/mol. The van der Waals surface area contributed by atoms with Crippen LogP contribution in [0.5, 0.6) is 0 Å². The summed E-state index contributed by atoms with van der Waals surface area (Å²) < 4.78 is 0. The number of unbranched alkanes of at least 4 members (excludes halogenated alkanes) is 5. The third-order valence-corrected chi connectivity index (χ3v) is 5.96. The summed E-state index contributed by atoms with van der Waals surface area (Å²) in [6, 6.07) is 28.3. The minimum atomic E-state index is 1.03. The molecule has 0 aliphatic rings. The SMILES string of the molecule is CCCCCCCCc1ccccc1-c1c(-c2ccccn2)ccc2ccccc12. The van der Waals surface area contributed by atoms with Crippen LogP contribution in [-0.4, -0.2) is 4.98 Å². The van der Waals surface area contributed by atoms with Crippen molar-refractivity contribution >= 4 is 10.8 Å². The molecule has 4 aromatic rings. The number of hydrogen-bond acceptors (Lipinski definition) is 1. The van der Waals surface area contributed by atoms with E-state index in [0.29, 0.717) is 0 Å². The Morgan fingerprint density at radius 1 is 0.633 bits per heavy atom. The van der Waals surface area contributed by atoms with Gasteiger partial charge in [-0.05, 0) is 52.4 Å². The van der Waals surface area contributed by atoms with E-state index in [9.17, 15) is 0 Å². The van der Waals surface area contributed by atoms with Crippen LogP contribution >= 0.6 is 0 Å². The second-order valence-electron chi connectivity index (χ2n) is 8.10. The van der Waals surface area contributed by atoms with Crippen LogP contribution in [0.3, 0.4) is 0 Å². The summed E-state index contributed by atoms with van der Waals surface area (Å²) in [4.78, 5) is 4.68. The molecule has 0 bridgehead atoms. The number of nitrogens with zero attached hydrogens (tertiary/aromatic N) is 1. The Bertz CT molecular complexity index is 1080. The lowest BCUT2D eigenvalue weighted by Crippen LogP contribution is -1.95. The van der Waals surface area contributed by atoms with Gasteiger partial charge in [-0.15, -0.1) is 0 Å². The van der Waals surface area contributed by atoms with Gasteiger partial charge in [-0.2, -0.15) is 0 Å². The Balaban J connectivity index is 1.74. The monoisotopic (exact) mass is 393 g/mol. The molecule has 152 valence electrons. The zero-order chi connectivity index (χ0) is 20.6. The Hall–Kier alpha value is -2.93. The zero-order valence-electron chi connectivity index (χ0n) is 18.0. The summed E-state index contributed by atoms with van der Waals surface area (Å²) in [7, 11) is 0. The van der Waals surface area contributed by atoms with Gasteiger partial charge in [0.1, 0.15) is 0 Å². The van der Waals surface area contributed by atoms with Crippen molar-refractivity contribution in [2.75, 3.05) is 0 Å². The van der Waals surface area contributed by atoms with Crippen LogP contribution in [0.4, 0.5) is 0 Å². The van der Waals surface area contributed by atoms with Gasteiger partial charge >= 0.3 is 0 Å². The van der Waals surface area contributed by atoms with E-state index in [2.05, 4.69) is 84.7 Å². The van der Waals surface area contributed by atoms with Gasteiger partial charge in [-0.25, -0.2) is 0 Å². The Labute approximate surface area is 180 Å². The van der Waals surface area contributed by atoms with Crippen molar-refractivity contribution in [1.82, 2.24) is 4.98 Å². The minimum absolute atomic E-state index is 1.03. The molecule has 0 atom stereocenters. The molecule has 1 aromatic heterocycles. The van der Waals surface area contributed by atoms with Crippen molar-refractivity contribution in [1.29, 1.82) is 0 Å². The number of pyridine rings is 1. The number of rotatable bonds is 9. The van der Waals surface area contributed by atoms with E-state index < -0.39 is 0 Å². The largest absolute Gasteiger partial charge is 0.256 e. The van der Waals surface area contributed by atoms with Crippen molar-refractivity contribution in [2.45, 2.75) is 51.9 Å². The molecule has 0 saturated heterocycles. The summed E-state index contributed by atoms with van der Waals surface area (Å²) in [5.41, 5.74) is 6.36. The normalized spacial score (nSPS) is 11.1. The first kappa shape index (κ1) is 20.3. The lowest BCUT2D eigenvalue weighted by Gasteiger charge is -2.17. The average molecular weight is 394 g/mol. The molecule has 3 aromatic carbocycles. The second-order valence-corrected chi connectivity index (χ2v) is 8.10. The average Bonchev–Trinajstić information content (AvgIpc) is 2.81. The molecule has 1 nitrogen and oxygen atoms in total. The standard InChI is InChI=1S/C29H31N/c1-2-3-4-5-6-7-14-23-15-8-10-17-25(23)29-26-18-11-9-16-24(26)20-21-27(29)28-19-12-13-22-30-28/h8-13,15-22H,2-7,14H2,1H3. The topological polar surface area (TPSA) is 12.9 Å². The van der Waals surface area contributed by atoms with Crippen molar-refractivity contribution in [3.05, 3.63) is 90.6 Å². The fourth-order valence-electron chi connectivity index (χ4n) is 4.38. The molecule has 0 aliphatic carbocycles. The number of fused-ring (bicyclic) bond motifs is 1. The van der Waals surface area contributed by atoms with Gasteiger partial charge in [0, 0.05) is 11.8 Å². The highest BCUT2D eigenvalue weighted by atomic mass is 14.7. The third-order valence-electron chi connectivity index (χ3n) is 5.96. The maximum atomic E-state index is 4.68. The van der Waals surface area contributed by atoms with Crippen LogP contribution < -0.4 is 0 Å². The van der Waals surface area contributed by atoms with Gasteiger partial charge in [0.15, 0.2) is 0 Å². The smallest absolute Gasteiger partial charge is 0.0708 e. The molecule has 0 fully saturated rings. The summed E-state index contributed by atoms with van der Waals surface area (Å²) in [6.07, 6.45) is 11.0. The minimum Gasteiger partial charge on any atom is -0.256 e. The van der Waals surface area contributed by atoms with Crippen molar-refractivity contribution < 1.29 is 0 Å². The zero-order valence-corrected chi connectivity index (χ0v) is 18.0. The van der Waals surface area contributed by atoms with Crippen LogP contribution in [0.15, 0.2) is 85.1 Å². The molecule has 30 heavy (non-hydrogen) atoms. The Kier molecular flexibility index (Phi) is 6.92. The third kappa shape index (κ3) is 4.62. The van der Waals surface area contributed by atoms with E-state index in [-0.39, 0.29) is 0 Å². The highest BCUT2D eigenvalue weighted by Crippen LogP contribution is 2.39. The first-order chi connectivity index (χ1) is 14.9. The van der Waals surface area contributed by atoms with E-state index >= 15 is 0 Å². The van der Waals surface area contributed by atoms with E-state index in [1.165, 1.54) is 71.6 Å². The lowest BCUT2D eigenvalue weighted by molar-refractivity contribution is 0.608. The van der Waals surface area contributed by atoms with Crippen molar-refractivity contribution in [3.63, 3.8) is 0 Å². The molecule has 0 saturated carbocycles. The summed E-state index contributed by atoms with van der Waals surface area (Å²) in [6.45, 7) is 2.28. The van der Waals surface area contributed by atoms with Crippen LogP contribution in [0.2, 0.25) is 0 Å². The first-order valence-electron chi connectivity index (χ1n) is 11.4. The van der Waals surface area contributed by atoms with Gasteiger partial charge in [0.2, 0.25) is 0 Å². The molecule has 4 rings (SSSR count). The Morgan fingerprint density at radius 3 is 2.27 bits per heavy atom. The quantitative estimate of drug-likeness (QED) is 0.260. The fraction of sp³-hybridized carbons (Fsp3) is 0.276. The van der Waals surface area contributed by atoms with Gasteiger partial charge < -0.3 is 0 Å². The molecule has 0 amide bonds. The van der Waals surface area contributed by atoms with Crippen LogP contribution in [0, 0.1) is 0 Å². The van der Waals surface area contributed by atoms with E-state index in [0.717, 1.165) is 12.1 Å². The van der Waals surface area contributed by atoms with Gasteiger partial charge in [-0.3, -0.25) is 4.98 Å². The molecule has 0 aliphatic heterocycles. The Morgan fingerprint density at radius 2 is 1.40 bits per heavy atom. The molecule has 1 heterocycles. The summed E-state index contributed by atoms with van der Waals surface area (Å²) in [5.74, 6) is 0. The van der Waals surface area contributed by atoms with Crippen LogP contribution in [0.1, 0.15) is 51.0 Å². The van der Waals surface area contributed by atoms with Gasteiger partial charge in [0.25, 0.3) is 0 Å². The van der Waals surface area contributed by atoms with E-state index in [1.54, 1.807) is 0 Å². The number of aromatic nitrogens is 1. The highest BCUT2D eigenvalue weighted by molar-refractivity contribution is 6.04. The maximum Gasteiger partial charge on any atom is 0.0708 e. The summed E-state index contributed by atoms with van der Waals surface area (Å²) in [5, 5.41) is 2.58. The lowest BCUT2D eigenvalue weighted by atomic mass is 9.88. The van der Waals surface area contributed by atoms with E-state index in [4.69, 9.17) is 0 Å². The van der Waals surface area contributed by atoms with Crippen LogP contribution in [0.25, 0.3) is 33.2 Å². The van der Waals surface area contributed by atoms with Crippen LogP contribution in [-0.2, 0) is 6.42 Å². The molecular formula is C29H31N. The first-order valence-corrected chi connectivity index (χ1v) is 11.4. The number of aryl methyl sites for hydroxylation is 1. The predicted octanol–water partition coefficient (Wildman–Crippen LogP) is 8.47.